The third-order valence-corrected chi connectivity index (χ3v) is 4.14. The maximum Gasteiger partial charge on any atom is 0.317 e. The van der Waals surface area contributed by atoms with Crippen LogP contribution in [0.25, 0.3) is 0 Å². The Morgan fingerprint density at radius 2 is 1.76 bits per heavy atom. The van der Waals surface area contributed by atoms with Crippen molar-refractivity contribution in [2.24, 2.45) is 0 Å². The van der Waals surface area contributed by atoms with Gasteiger partial charge in [0.2, 0.25) is 0 Å². The lowest BCUT2D eigenvalue weighted by atomic mass is 10.2. The van der Waals surface area contributed by atoms with Crippen molar-refractivity contribution in [3.8, 4) is 0 Å². The first-order chi connectivity index (χ1) is 12.2. The lowest BCUT2D eigenvalue weighted by Gasteiger charge is -2.22. The number of aromatic nitrogens is 2. The summed E-state index contributed by atoms with van der Waals surface area (Å²) in [6, 6.07) is 9.70. The largest absolute Gasteiger partial charge is 0.335 e. The van der Waals surface area contributed by atoms with E-state index in [9.17, 15) is 9.59 Å². The minimum Gasteiger partial charge on any atom is -0.335 e. The summed E-state index contributed by atoms with van der Waals surface area (Å²) < 4.78 is 0. The van der Waals surface area contributed by atoms with E-state index in [-0.39, 0.29) is 11.9 Å². The maximum absolute atomic E-state index is 12.4. The first kappa shape index (κ1) is 16.9. The number of carbonyl (C=O) groups excluding carboxylic acids is 2. The van der Waals surface area contributed by atoms with E-state index in [0.717, 1.165) is 12.0 Å². The molecule has 1 N–H and O–H groups in total. The van der Waals surface area contributed by atoms with Gasteiger partial charge in [-0.15, -0.1) is 0 Å². The van der Waals surface area contributed by atoms with E-state index < -0.39 is 0 Å². The topological polar surface area (TPSA) is 78.4 Å². The zero-order valence-corrected chi connectivity index (χ0v) is 14.0. The molecule has 0 bridgehead atoms. The molecule has 1 aromatic carbocycles. The zero-order valence-electron chi connectivity index (χ0n) is 14.0. The number of carbonyl (C=O) groups is 2. The number of amides is 3. The smallest absolute Gasteiger partial charge is 0.317 e. The van der Waals surface area contributed by atoms with Crippen molar-refractivity contribution in [2.45, 2.75) is 13.0 Å². The average Bonchev–Trinajstić information content (AvgIpc) is 2.93. The lowest BCUT2D eigenvalue weighted by molar-refractivity contribution is 0.0756. The molecule has 130 valence electrons. The minimum atomic E-state index is -0.139. The van der Waals surface area contributed by atoms with E-state index in [4.69, 9.17) is 0 Å². The van der Waals surface area contributed by atoms with Gasteiger partial charge in [-0.25, -0.2) is 9.78 Å². The second-order valence-corrected chi connectivity index (χ2v) is 5.87. The summed E-state index contributed by atoms with van der Waals surface area (Å²) in [5, 5.41) is 2.93. The monoisotopic (exact) mass is 339 g/mol. The molecule has 3 rings (SSSR count). The highest BCUT2D eigenvalue weighted by Crippen LogP contribution is 2.08. The van der Waals surface area contributed by atoms with Crippen molar-refractivity contribution >= 4 is 11.9 Å². The molecule has 2 aromatic rings. The van der Waals surface area contributed by atoms with Gasteiger partial charge in [0.1, 0.15) is 5.69 Å². The minimum absolute atomic E-state index is 0.0994. The van der Waals surface area contributed by atoms with Gasteiger partial charge in [0.25, 0.3) is 5.91 Å². The number of hydrogen-bond donors (Lipinski definition) is 1. The summed E-state index contributed by atoms with van der Waals surface area (Å²) in [6.07, 6.45) is 5.26. The van der Waals surface area contributed by atoms with E-state index in [1.807, 2.05) is 30.3 Å². The van der Waals surface area contributed by atoms with E-state index in [2.05, 4.69) is 15.3 Å². The van der Waals surface area contributed by atoms with Crippen molar-refractivity contribution < 1.29 is 9.59 Å². The van der Waals surface area contributed by atoms with Crippen molar-refractivity contribution in [3.05, 3.63) is 60.2 Å². The van der Waals surface area contributed by atoms with Crippen LogP contribution in [-0.2, 0) is 6.54 Å². The van der Waals surface area contributed by atoms with Crippen LogP contribution in [0.1, 0.15) is 22.5 Å². The Morgan fingerprint density at radius 3 is 2.52 bits per heavy atom. The number of urea groups is 1. The number of rotatable bonds is 3. The van der Waals surface area contributed by atoms with Crippen LogP contribution in [-0.4, -0.2) is 57.9 Å². The summed E-state index contributed by atoms with van der Waals surface area (Å²) in [5.41, 5.74) is 1.40. The Balaban J connectivity index is 1.52. The Kier molecular flexibility index (Phi) is 5.56. The second kappa shape index (κ2) is 8.23. The summed E-state index contributed by atoms with van der Waals surface area (Å²) in [5.74, 6) is -0.139. The highest BCUT2D eigenvalue weighted by atomic mass is 16.2. The van der Waals surface area contributed by atoms with E-state index in [0.29, 0.717) is 38.4 Å². The molecule has 0 aliphatic carbocycles. The van der Waals surface area contributed by atoms with Gasteiger partial charge in [-0.3, -0.25) is 9.78 Å². The molecule has 7 nitrogen and oxygen atoms in total. The first-order valence-electron chi connectivity index (χ1n) is 8.36. The molecule has 0 saturated carbocycles. The van der Waals surface area contributed by atoms with Crippen LogP contribution < -0.4 is 5.32 Å². The molecule has 1 aliphatic heterocycles. The fourth-order valence-electron chi connectivity index (χ4n) is 2.78. The molecule has 1 saturated heterocycles. The van der Waals surface area contributed by atoms with Crippen LogP contribution in [0.2, 0.25) is 0 Å². The standard InChI is InChI=1S/C18H21N5O2/c24-17(16-14-19-7-8-20-16)22-9-4-10-23(12-11-22)18(25)21-13-15-5-2-1-3-6-15/h1-3,5-8,14H,4,9-13H2,(H,21,25). The molecular weight excluding hydrogens is 318 g/mol. The highest BCUT2D eigenvalue weighted by Gasteiger charge is 2.23. The van der Waals surface area contributed by atoms with E-state index >= 15 is 0 Å². The van der Waals surface area contributed by atoms with Crippen LogP contribution >= 0.6 is 0 Å². The normalized spacial score (nSPS) is 14.7. The van der Waals surface area contributed by atoms with Crippen molar-refractivity contribution in [1.29, 1.82) is 0 Å². The number of nitrogens with zero attached hydrogens (tertiary/aromatic N) is 4. The quantitative estimate of drug-likeness (QED) is 0.920. The van der Waals surface area contributed by atoms with E-state index in [1.165, 1.54) is 18.6 Å². The fourth-order valence-corrected chi connectivity index (χ4v) is 2.78. The predicted molar refractivity (Wildman–Crippen MR) is 92.8 cm³/mol. The number of hydrogen-bond acceptors (Lipinski definition) is 4. The SMILES string of the molecule is O=C(NCc1ccccc1)N1CCCN(C(=O)c2cnccn2)CC1. The highest BCUT2D eigenvalue weighted by molar-refractivity contribution is 5.92. The maximum atomic E-state index is 12.4. The second-order valence-electron chi connectivity index (χ2n) is 5.87. The Bertz CT molecular complexity index is 708. The molecule has 0 radical (unpaired) electrons. The molecule has 3 amide bonds. The van der Waals surface area contributed by atoms with Gasteiger partial charge in [0.15, 0.2) is 0 Å². The van der Waals surface area contributed by atoms with Crippen LogP contribution in [0, 0.1) is 0 Å². The molecule has 7 heteroatoms. The Hall–Kier alpha value is -2.96. The third-order valence-electron chi connectivity index (χ3n) is 4.14. The number of benzene rings is 1. The van der Waals surface area contributed by atoms with Gasteiger partial charge in [-0.2, -0.15) is 0 Å². The van der Waals surface area contributed by atoms with Crippen molar-refractivity contribution in [1.82, 2.24) is 25.1 Å². The zero-order chi connectivity index (χ0) is 17.5. The van der Waals surface area contributed by atoms with Crippen molar-refractivity contribution in [2.75, 3.05) is 26.2 Å². The van der Waals surface area contributed by atoms with Gasteiger partial charge in [0, 0.05) is 45.1 Å². The van der Waals surface area contributed by atoms with Crippen LogP contribution in [0.15, 0.2) is 48.9 Å². The summed E-state index contributed by atoms with van der Waals surface area (Å²) in [6.45, 7) is 2.74. The average molecular weight is 339 g/mol. The van der Waals surface area contributed by atoms with Crippen LogP contribution in [0.5, 0.6) is 0 Å². The first-order valence-corrected chi connectivity index (χ1v) is 8.36. The fraction of sp³-hybridized carbons (Fsp3) is 0.333. The Morgan fingerprint density at radius 1 is 1.00 bits per heavy atom. The van der Waals surface area contributed by atoms with Gasteiger partial charge in [-0.1, -0.05) is 30.3 Å². The van der Waals surface area contributed by atoms with Gasteiger partial charge >= 0.3 is 6.03 Å². The molecule has 1 aliphatic rings. The molecule has 25 heavy (non-hydrogen) atoms. The molecule has 0 atom stereocenters. The molecule has 0 spiro atoms. The lowest BCUT2D eigenvalue weighted by Crippen LogP contribution is -2.42. The molecule has 2 heterocycles. The Labute approximate surface area is 146 Å². The number of nitrogens with one attached hydrogen (secondary N) is 1. The summed E-state index contributed by atoms with van der Waals surface area (Å²) in [7, 11) is 0. The van der Waals surface area contributed by atoms with Gasteiger partial charge in [0.05, 0.1) is 6.20 Å². The molecular formula is C18H21N5O2. The van der Waals surface area contributed by atoms with Crippen LogP contribution in [0.4, 0.5) is 4.79 Å². The molecule has 1 fully saturated rings. The predicted octanol–water partition coefficient (Wildman–Crippen LogP) is 1.53. The van der Waals surface area contributed by atoms with Gasteiger partial charge in [-0.05, 0) is 12.0 Å². The third kappa shape index (κ3) is 4.53. The summed E-state index contributed by atoms with van der Waals surface area (Å²) in [4.78, 5) is 36.3. The van der Waals surface area contributed by atoms with Crippen LogP contribution in [0.3, 0.4) is 0 Å². The van der Waals surface area contributed by atoms with E-state index in [1.54, 1.807) is 9.80 Å². The molecule has 1 aromatic heterocycles. The summed E-state index contributed by atoms with van der Waals surface area (Å²) >= 11 is 0. The molecule has 0 unspecified atom stereocenters. The van der Waals surface area contributed by atoms with Crippen molar-refractivity contribution in [3.63, 3.8) is 0 Å². The van der Waals surface area contributed by atoms with Gasteiger partial charge < -0.3 is 15.1 Å².